The van der Waals surface area contributed by atoms with Crippen LogP contribution in [0.4, 0.5) is 0 Å². The highest BCUT2D eigenvalue weighted by Crippen LogP contribution is 1.92. The molecule has 0 aliphatic rings. The zero-order valence-corrected chi connectivity index (χ0v) is 7.65. The number of carbonyl (C=O) groups is 2. The molecule has 76 valence electrons. The number of aromatic nitrogens is 1. The van der Waals surface area contributed by atoms with Gasteiger partial charge in [-0.05, 0) is 6.92 Å². The van der Waals surface area contributed by atoms with Crippen molar-refractivity contribution in [1.82, 2.24) is 10.5 Å². The van der Waals surface area contributed by atoms with E-state index in [2.05, 4.69) is 19.7 Å². The van der Waals surface area contributed by atoms with Gasteiger partial charge in [0.05, 0.1) is 13.2 Å². The summed E-state index contributed by atoms with van der Waals surface area (Å²) in [5, 5.41) is 5.89. The Bertz CT molecular complexity index is 307. The van der Waals surface area contributed by atoms with E-state index in [0.29, 0.717) is 5.69 Å². The topological polar surface area (TPSA) is 81.4 Å². The Morgan fingerprint density at radius 1 is 1.64 bits per heavy atom. The van der Waals surface area contributed by atoms with Crippen molar-refractivity contribution in [2.24, 2.45) is 0 Å². The minimum atomic E-state index is -0.893. The van der Waals surface area contributed by atoms with Crippen molar-refractivity contribution in [2.75, 3.05) is 6.61 Å². The molecule has 0 radical (unpaired) electrons. The van der Waals surface area contributed by atoms with Crippen molar-refractivity contribution in [3.05, 3.63) is 18.0 Å². The second kappa shape index (κ2) is 5.00. The van der Waals surface area contributed by atoms with E-state index >= 15 is 0 Å². The first-order valence-electron chi connectivity index (χ1n) is 4.08. The number of amides is 1. The predicted octanol–water partition coefficient (Wildman–Crippen LogP) is -0.146. The summed E-state index contributed by atoms with van der Waals surface area (Å²) in [5.74, 6) is -1.68. The third kappa shape index (κ3) is 2.89. The molecule has 0 atom stereocenters. The first-order chi connectivity index (χ1) is 6.74. The lowest BCUT2D eigenvalue weighted by molar-refractivity contribution is -0.154. The van der Waals surface area contributed by atoms with Gasteiger partial charge in [-0.3, -0.25) is 4.79 Å². The van der Waals surface area contributed by atoms with Gasteiger partial charge in [-0.2, -0.15) is 0 Å². The lowest BCUT2D eigenvalue weighted by Gasteiger charge is -2.01. The van der Waals surface area contributed by atoms with Gasteiger partial charge in [-0.25, -0.2) is 4.79 Å². The number of hydrogen-bond donors (Lipinski definition) is 1. The average Bonchev–Trinajstić information content (AvgIpc) is 2.67. The third-order valence-electron chi connectivity index (χ3n) is 1.38. The van der Waals surface area contributed by atoms with Gasteiger partial charge in [-0.1, -0.05) is 5.16 Å². The smallest absolute Gasteiger partial charge is 0.396 e. The van der Waals surface area contributed by atoms with Crippen molar-refractivity contribution in [3.8, 4) is 0 Å². The largest absolute Gasteiger partial charge is 0.459 e. The number of ether oxygens (including phenoxy) is 1. The van der Waals surface area contributed by atoms with Crippen LogP contribution in [0.25, 0.3) is 0 Å². The van der Waals surface area contributed by atoms with Crippen LogP contribution in [0.3, 0.4) is 0 Å². The minimum Gasteiger partial charge on any atom is -0.459 e. The van der Waals surface area contributed by atoms with E-state index in [0.717, 1.165) is 0 Å². The zero-order valence-electron chi connectivity index (χ0n) is 7.65. The van der Waals surface area contributed by atoms with Crippen LogP contribution in [-0.4, -0.2) is 23.6 Å². The normalized spacial score (nSPS) is 9.50. The summed E-state index contributed by atoms with van der Waals surface area (Å²) in [5.41, 5.74) is 0.544. The first-order valence-corrected chi connectivity index (χ1v) is 4.08. The van der Waals surface area contributed by atoms with Crippen LogP contribution in [0.15, 0.2) is 16.9 Å². The molecule has 14 heavy (non-hydrogen) atoms. The summed E-state index contributed by atoms with van der Waals surface area (Å²) >= 11 is 0. The van der Waals surface area contributed by atoms with Crippen molar-refractivity contribution in [1.29, 1.82) is 0 Å². The Hall–Kier alpha value is -1.85. The van der Waals surface area contributed by atoms with Gasteiger partial charge in [-0.15, -0.1) is 0 Å². The Kier molecular flexibility index (Phi) is 3.66. The molecule has 0 saturated carbocycles. The second-order valence-electron chi connectivity index (χ2n) is 2.39. The summed E-state index contributed by atoms with van der Waals surface area (Å²) in [7, 11) is 0. The molecule has 1 N–H and O–H groups in total. The number of nitrogens with one attached hydrogen (secondary N) is 1. The molecule has 1 heterocycles. The van der Waals surface area contributed by atoms with Gasteiger partial charge in [0, 0.05) is 6.07 Å². The van der Waals surface area contributed by atoms with E-state index in [1.54, 1.807) is 13.0 Å². The van der Waals surface area contributed by atoms with E-state index in [4.69, 9.17) is 0 Å². The molecule has 0 unspecified atom stereocenters. The predicted molar refractivity (Wildman–Crippen MR) is 45.0 cm³/mol. The van der Waals surface area contributed by atoms with Gasteiger partial charge < -0.3 is 14.6 Å². The first kappa shape index (κ1) is 10.2. The number of carbonyl (C=O) groups excluding carboxylic acids is 2. The van der Waals surface area contributed by atoms with Crippen molar-refractivity contribution in [2.45, 2.75) is 13.5 Å². The highest BCUT2D eigenvalue weighted by Gasteiger charge is 2.13. The molecule has 0 spiro atoms. The Labute approximate surface area is 80.2 Å². The van der Waals surface area contributed by atoms with Crippen LogP contribution in [0.2, 0.25) is 0 Å². The monoisotopic (exact) mass is 198 g/mol. The standard InChI is InChI=1S/C8H10N2O4/c1-2-13-8(12)7(11)9-5-6-3-4-14-10-6/h3-4H,2,5H2,1H3,(H,9,11). The number of nitrogens with zero attached hydrogens (tertiary/aromatic N) is 1. The van der Waals surface area contributed by atoms with Gasteiger partial charge in [0.15, 0.2) is 0 Å². The maximum Gasteiger partial charge on any atom is 0.396 e. The molecule has 0 aliphatic heterocycles. The molecule has 0 aromatic carbocycles. The molecule has 1 rings (SSSR count). The van der Waals surface area contributed by atoms with Crippen molar-refractivity contribution in [3.63, 3.8) is 0 Å². The zero-order chi connectivity index (χ0) is 10.4. The van der Waals surface area contributed by atoms with Gasteiger partial charge in [0.25, 0.3) is 0 Å². The summed E-state index contributed by atoms with van der Waals surface area (Å²) in [6, 6.07) is 1.59. The SMILES string of the molecule is CCOC(=O)C(=O)NCc1ccon1. The maximum atomic E-state index is 11.0. The highest BCUT2D eigenvalue weighted by atomic mass is 16.5. The van der Waals surface area contributed by atoms with Crippen LogP contribution in [-0.2, 0) is 20.9 Å². The molecule has 1 aromatic rings. The van der Waals surface area contributed by atoms with Crippen LogP contribution in [0, 0.1) is 0 Å². The molecular formula is C8H10N2O4. The molecule has 1 aromatic heterocycles. The average molecular weight is 198 g/mol. The fourth-order valence-corrected chi connectivity index (χ4v) is 0.768. The van der Waals surface area contributed by atoms with Crippen LogP contribution < -0.4 is 5.32 Å². The quantitative estimate of drug-likeness (QED) is 0.539. The summed E-state index contributed by atoms with van der Waals surface area (Å²) < 4.78 is 9.02. The minimum absolute atomic E-state index is 0.147. The lowest BCUT2D eigenvalue weighted by atomic mass is 10.4. The number of esters is 1. The van der Waals surface area contributed by atoms with Crippen LogP contribution in [0.5, 0.6) is 0 Å². The number of rotatable bonds is 3. The van der Waals surface area contributed by atoms with E-state index in [1.807, 2.05) is 0 Å². The molecule has 0 aliphatic carbocycles. The van der Waals surface area contributed by atoms with E-state index in [-0.39, 0.29) is 13.2 Å². The number of hydrogen-bond acceptors (Lipinski definition) is 5. The summed E-state index contributed by atoms with van der Waals surface area (Å²) in [4.78, 5) is 21.8. The van der Waals surface area contributed by atoms with Gasteiger partial charge >= 0.3 is 11.9 Å². The maximum absolute atomic E-state index is 11.0. The molecular weight excluding hydrogens is 188 g/mol. The van der Waals surface area contributed by atoms with Crippen molar-refractivity contribution >= 4 is 11.9 Å². The summed E-state index contributed by atoms with van der Waals surface area (Å²) in [6.45, 7) is 1.95. The van der Waals surface area contributed by atoms with E-state index < -0.39 is 11.9 Å². The lowest BCUT2D eigenvalue weighted by Crippen LogP contribution is -2.32. The van der Waals surface area contributed by atoms with E-state index in [1.165, 1.54) is 6.26 Å². The molecule has 6 nitrogen and oxygen atoms in total. The highest BCUT2D eigenvalue weighted by molar-refractivity contribution is 6.32. The summed E-state index contributed by atoms with van der Waals surface area (Å²) in [6.07, 6.45) is 1.38. The second-order valence-corrected chi connectivity index (χ2v) is 2.39. The Balaban J connectivity index is 2.31. The van der Waals surface area contributed by atoms with E-state index in [9.17, 15) is 9.59 Å². The fourth-order valence-electron chi connectivity index (χ4n) is 0.768. The molecule has 0 saturated heterocycles. The third-order valence-corrected chi connectivity index (χ3v) is 1.38. The molecule has 1 amide bonds. The Morgan fingerprint density at radius 2 is 2.43 bits per heavy atom. The molecule has 0 bridgehead atoms. The van der Waals surface area contributed by atoms with Crippen LogP contribution >= 0.6 is 0 Å². The molecule has 6 heteroatoms. The van der Waals surface area contributed by atoms with Gasteiger partial charge in [0.2, 0.25) is 0 Å². The fraction of sp³-hybridized carbons (Fsp3) is 0.375. The van der Waals surface area contributed by atoms with Gasteiger partial charge in [0.1, 0.15) is 12.0 Å². The molecule has 0 fully saturated rings. The van der Waals surface area contributed by atoms with Crippen LogP contribution in [0.1, 0.15) is 12.6 Å². The Morgan fingerprint density at radius 3 is 3.00 bits per heavy atom. The van der Waals surface area contributed by atoms with Crippen molar-refractivity contribution < 1.29 is 18.8 Å².